The molecule has 17 heavy (non-hydrogen) atoms. The van der Waals surface area contributed by atoms with Gasteiger partial charge in [-0.2, -0.15) is 0 Å². The minimum Gasteiger partial charge on any atom is -0.424 e. The molecule has 1 aromatic rings. The minimum atomic E-state index is 0.499. The fourth-order valence-corrected chi connectivity index (χ4v) is 2.38. The summed E-state index contributed by atoms with van der Waals surface area (Å²) in [6.07, 6.45) is 6.10. The van der Waals surface area contributed by atoms with Crippen molar-refractivity contribution >= 4 is 0 Å². The summed E-state index contributed by atoms with van der Waals surface area (Å²) in [5.74, 6) is 2.94. The lowest BCUT2D eigenvalue weighted by atomic mass is 9.83. The summed E-state index contributed by atoms with van der Waals surface area (Å²) in [5, 5.41) is 11.6. The molecule has 1 aliphatic rings. The highest BCUT2D eigenvalue weighted by Crippen LogP contribution is 2.34. The van der Waals surface area contributed by atoms with E-state index in [1.165, 1.54) is 25.7 Å². The van der Waals surface area contributed by atoms with Crippen LogP contribution in [0, 0.1) is 5.92 Å². The summed E-state index contributed by atoms with van der Waals surface area (Å²) in [7, 11) is 0. The van der Waals surface area contributed by atoms with Crippen molar-refractivity contribution in [3.05, 3.63) is 11.8 Å². The summed E-state index contributed by atoms with van der Waals surface area (Å²) in [6.45, 7) is 6.17. The Labute approximate surface area is 103 Å². The van der Waals surface area contributed by atoms with Gasteiger partial charge < -0.3 is 9.73 Å². The van der Waals surface area contributed by atoms with Crippen LogP contribution in [-0.2, 0) is 6.54 Å². The van der Waals surface area contributed by atoms with Crippen LogP contribution in [0.25, 0.3) is 0 Å². The fourth-order valence-electron chi connectivity index (χ4n) is 2.38. The molecule has 0 atom stereocenters. The van der Waals surface area contributed by atoms with Crippen molar-refractivity contribution < 1.29 is 4.42 Å². The van der Waals surface area contributed by atoms with Gasteiger partial charge >= 0.3 is 0 Å². The van der Waals surface area contributed by atoms with Crippen LogP contribution in [0.4, 0.5) is 0 Å². The van der Waals surface area contributed by atoms with E-state index < -0.39 is 0 Å². The zero-order valence-corrected chi connectivity index (χ0v) is 10.9. The van der Waals surface area contributed by atoms with E-state index in [9.17, 15) is 0 Å². The molecule has 0 saturated heterocycles. The molecule has 0 unspecified atom stereocenters. The lowest BCUT2D eigenvalue weighted by molar-refractivity contribution is 0.300. The third-order valence-electron chi connectivity index (χ3n) is 3.55. The van der Waals surface area contributed by atoms with Crippen LogP contribution in [0.1, 0.15) is 63.7 Å². The van der Waals surface area contributed by atoms with Crippen LogP contribution >= 0.6 is 0 Å². The number of rotatable bonds is 5. The molecule has 0 spiro atoms. The molecule has 96 valence electrons. The van der Waals surface area contributed by atoms with Gasteiger partial charge in [-0.05, 0) is 44.6 Å². The third kappa shape index (κ3) is 3.53. The Morgan fingerprint density at radius 2 is 2.00 bits per heavy atom. The topological polar surface area (TPSA) is 51.0 Å². The van der Waals surface area contributed by atoms with Gasteiger partial charge in [0.15, 0.2) is 0 Å². The van der Waals surface area contributed by atoms with Crippen molar-refractivity contribution in [1.29, 1.82) is 0 Å². The molecular weight excluding hydrogens is 214 g/mol. The van der Waals surface area contributed by atoms with Crippen LogP contribution in [-0.4, -0.2) is 16.7 Å². The van der Waals surface area contributed by atoms with Gasteiger partial charge in [0.05, 0.1) is 6.54 Å². The molecule has 1 saturated carbocycles. The number of nitrogens with one attached hydrogen (secondary N) is 1. The summed E-state index contributed by atoms with van der Waals surface area (Å²) < 4.78 is 5.72. The molecule has 0 bridgehead atoms. The summed E-state index contributed by atoms with van der Waals surface area (Å²) in [4.78, 5) is 0. The van der Waals surface area contributed by atoms with Crippen LogP contribution in [0.15, 0.2) is 4.42 Å². The molecule has 0 amide bonds. The van der Waals surface area contributed by atoms with Gasteiger partial charge in [0.2, 0.25) is 11.8 Å². The van der Waals surface area contributed by atoms with E-state index in [0.717, 1.165) is 30.7 Å². The van der Waals surface area contributed by atoms with Crippen molar-refractivity contribution in [2.75, 3.05) is 6.54 Å². The van der Waals surface area contributed by atoms with E-state index in [1.54, 1.807) is 0 Å². The maximum absolute atomic E-state index is 5.72. The SMILES string of the molecule is CCCNCc1nnc(C2CCC(C)CC2)o1. The van der Waals surface area contributed by atoms with E-state index in [1.807, 2.05) is 0 Å². The summed E-state index contributed by atoms with van der Waals surface area (Å²) >= 11 is 0. The van der Waals surface area contributed by atoms with Gasteiger partial charge in [0, 0.05) is 5.92 Å². The largest absolute Gasteiger partial charge is 0.424 e. The highest BCUT2D eigenvalue weighted by atomic mass is 16.4. The van der Waals surface area contributed by atoms with Crippen molar-refractivity contribution in [3.8, 4) is 0 Å². The van der Waals surface area contributed by atoms with E-state index in [2.05, 4.69) is 29.4 Å². The van der Waals surface area contributed by atoms with Crippen molar-refractivity contribution in [3.63, 3.8) is 0 Å². The average Bonchev–Trinajstić information content (AvgIpc) is 2.79. The van der Waals surface area contributed by atoms with E-state index in [0.29, 0.717) is 12.5 Å². The van der Waals surface area contributed by atoms with Gasteiger partial charge in [0.1, 0.15) is 0 Å². The number of hydrogen-bond donors (Lipinski definition) is 1. The van der Waals surface area contributed by atoms with Gasteiger partial charge in [-0.1, -0.05) is 13.8 Å². The lowest BCUT2D eigenvalue weighted by Gasteiger charge is -2.23. The van der Waals surface area contributed by atoms with Crippen LogP contribution < -0.4 is 5.32 Å². The molecule has 0 aliphatic heterocycles. The molecule has 1 N–H and O–H groups in total. The minimum absolute atomic E-state index is 0.499. The van der Waals surface area contributed by atoms with Crippen LogP contribution in [0.5, 0.6) is 0 Å². The quantitative estimate of drug-likeness (QED) is 0.800. The molecule has 0 aromatic carbocycles. The number of hydrogen-bond acceptors (Lipinski definition) is 4. The number of nitrogens with zero attached hydrogens (tertiary/aromatic N) is 2. The second kappa shape index (κ2) is 6.15. The first kappa shape index (κ1) is 12.6. The van der Waals surface area contributed by atoms with Gasteiger partial charge in [-0.3, -0.25) is 0 Å². The summed E-state index contributed by atoms with van der Waals surface area (Å²) in [6, 6.07) is 0. The second-order valence-electron chi connectivity index (χ2n) is 5.17. The van der Waals surface area contributed by atoms with Crippen molar-refractivity contribution in [2.45, 2.75) is 58.4 Å². The van der Waals surface area contributed by atoms with Gasteiger partial charge in [-0.25, -0.2) is 0 Å². The normalized spacial score (nSPS) is 25.1. The van der Waals surface area contributed by atoms with Gasteiger partial charge in [0.25, 0.3) is 0 Å². The van der Waals surface area contributed by atoms with Crippen molar-refractivity contribution in [2.24, 2.45) is 5.92 Å². The van der Waals surface area contributed by atoms with Crippen molar-refractivity contribution in [1.82, 2.24) is 15.5 Å². The Balaban J connectivity index is 1.85. The molecule has 1 heterocycles. The molecule has 1 fully saturated rings. The Kier molecular flexibility index (Phi) is 4.54. The standard InChI is InChI=1S/C13H23N3O/c1-3-8-14-9-12-15-16-13(17-12)11-6-4-10(2)5-7-11/h10-11,14H,3-9H2,1-2H3. The maximum Gasteiger partial charge on any atom is 0.230 e. The smallest absolute Gasteiger partial charge is 0.230 e. The summed E-state index contributed by atoms with van der Waals surface area (Å²) in [5.41, 5.74) is 0. The molecule has 1 aromatic heterocycles. The predicted octanol–water partition coefficient (Wildman–Crippen LogP) is 2.86. The maximum atomic E-state index is 5.72. The second-order valence-corrected chi connectivity index (χ2v) is 5.17. The lowest BCUT2D eigenvalue weighted by Crippen LogP contribution is -2.14. The molecule has 4 nitrogen and oxygen atoms in total. The Hall–Kier alpha value is -0.900. The third-order valence-corrected chi connectivity index (χ3v) is 3.55. The highest BCUT2D eigenvalue weighted by molar-refractivity contribution is 4.93. The van der Waals surface area contributed by atoms with Gasteiger partial charge in [-0.15, -0.1) is 10.2 Å². The number of aromatic nitrogens is 2. The van der Waals surface area contributed by atoms with E-state index in [-0.39, 0.29) is 0 Å². The zero-order chi connectivity index (χ0) is 12.1. The first-order valence-electron chi connectivity index (χ1n) is 6.82. The Morgan fingerprint density at radius 3 is 2.71 bits per heavy atom. The molecule has 2 rings (SSSR count). The first-order valence-corrected chi connectivity index (χ1v) is 6.82. The highest BCUT2D eigenvalue weighted by Gasteiger charge is 2.24. The Bertz CT molecular complexity index is 329. The van der Waals surface area contributed by atoms with E-state index >= 15 is 0 Å². The monoisotopic (exact) mass is 237 g/mol. The molecular formula is C13H23N3O. The Morgan fingerprint density at radius 1 is 1.24 bits per heavy atom. The van der Waals surface area contributed by atoms with E-state index in [4.69, 9.17) is 4.42 Å². The predicted molar refractivity (Wildman–Crippen MR) is 66.7 cm³/mol. The molecule has 0 radical (unpaired) electrons. The average molecular weight is 237 g/mol. The zero-order valence-electron chi connectivity index (χ0n) is 10.9. The fraction of sp³-hybridized carbons (Fsp3) is 0.846. The van der Waals surface area contributed by atoms with Crippen LogP contribution in [0.2, 0.25) is 0 Å². The first-order chi connectivity index (χ1) is 8.29. The van der Waals surface area contributed by atoms with Crippen LogP contribution in [0.3, 0.4) is 0 Å². The molecule has 4 heteroatoms. The molecule has 1 aliphatic carbocycles.